The molecule has 3 aromatic rings. The van der Waals surface area contributed by atoms with Crippen LogP contribution in [0.15, 0.2) is 45.4 Å². The minimum absolute atomic E-state index is 0.0944. The molecule has 0 aliphatic rings. The van der Waals surface area contributed by atoms with E-state index in [4.69, 9.17) is 20.4 Å². The molecule has 0 saturated carbocycles. The molecule has 1 aromatic carbocycles. The molecule has 0 spiro atoms. The van der Waals surface area contributed by atoms with Crippen molar-refractivity contribution >= 4 is 22.6 Å². The van der Waals surface area contributed by atoms with Crippen LogP contribution in [0.5, 0.6) is 0 Å². The normalized spacial score (nSPS) is 12.9. The molecule has 0 saturated heterocycles. The summed E-state index contributed by atoms with van der Waals surface area (Å²) < 4.78 is 11.3. The van der Waals surface area contributed by atoms with Gasteiger partial charge in [0.25, 0.3) is 0 Å². The van der Waals surface area contributed by atoms with Crippen molar-refractivity contribution in [2.24, 2.45) is 0 Å². The number of nitrogens with one attached hydrogen (secondary N) is 1. The molecule has 4 heteroatoms. The lowest BCUT2D eigenvalue weighted by atomic mass is 10.1. The first-order valence-corrected chi connectivity index (χ1v) is 7.54. The van der Waals surface area contributed by atoms with Crippen molar-refractivity contribution in [3.8, 4) is 0 Å². The summed E-state index contributed by atoms with van der Waals surface area (Å²) in [6.07, 6.45) is 2.64. The van der Waals surface area contributed by atoms with Crippen molar-refractivity contribution in [1.82, 2.24) is 5.32 Å². The maximum Gasteiger partial charge on any atom is 0.198 e. The monoisotopic (exact) mass is 303 g/mol. The number of rotatable bonds is 5. The Morgan fingerprint density at radius 1 is 1.29 bits per heavy atom. The van der Waals surface area contributed by atoms with Crippen LogP contribution in [0.2, 0.25) is 5.22 Å². The molecule has 0 aliphatic heterocycles. The average molecular weight is 304 g/mol. The van der Waals surface area contributed by atoms with Gasteiger partial charge in [-0.15, -0.1) is 0 Å². The van der Waals surface area contributed by atoms with Gasteiger partial charge < -0.3 is 14.2 Å². The summed E-state index contributed by atoms with van der Waals surface area (Å²) >= 11 is 6.15. The summed E-state index contributed by atoms with van der Waals surface area (Å²) in [5.41, 5.74) is 2.96. The number of aryl methyl sites for hydroxylation is 1. The molecule has 1 N–H and O–H groups in total. The van der Waals surface area contributed by atoms with Crippen molar-refractivity contribution in [2.45, 2.75) is 26.3 Å². The number of benzene rings is 1. The highest BCUT2D eigenvalue weighted by molar-refractivity contribution is 6.29. The van der Waals surface area contributed by atoms with Gasteiger partial charge >= 0.3 is 0 Å². The number of hydrogen-bond acceptors (Lipinski definition) is 3. The Balaban J connectivity index is 2.05. The predicted octanol–water partition coefficient (Wildman–Crippen LogP) is 5.08. The van der Waals surface area contributed by atoms with Crippen LogP contribution >= 0.6 is 11.6 Å². The van der Waals surface area contributed by atoms with Crippen molar-refractivity contribution in [2.75, 3.05) is 6.54 Å². The highest BCUT2D eigenvalue weighted by atomic mass is 35.5. The lowest BCUT2D eigenvalue weighted by Crippen LogP contribution is -2.22. The van der Waals surface area contributed by atoms with E-state index >= 15 is 0 Å². The summed E-state index contributed by atoms with van der Waals surface area (Å²) in [4.78, 5) is 0. The Labute approximate surface area is 128 Å². The summed E-state index contributed by atoms with van der Waals surface area (Å²) in [6.45, 7) is 5.06. The van der Waals surface area contributed by atoms with E-state index in [1.807, 2.05) is 12.1 Å². The van der Waals surface area contributed by atoms with Gasteiger partial charge in [0.05, 0.1) is 12.3 Å². The highest BCUT2D eigenvalue weighted by Gasteiger charge is 2.22. The molecule has 1 unspecified atom stereocenters. The van der Waals surface area contributed by atoms with E-state index in [0.717, 1.165) is 40.8 Å². The summed E-state index contributed by atoms with van der Waals surface area (Å²) in [5, 5.41) is 4.98. The second-order valence-electron chi connectivity index (χ2n) is 5.18. The van der Waals surface area contributed by atoms with Gasteiger partial charge in [0, 0.05) is 10.9 Å². The molecule has 0 bridgehead atoms. The Morgan fingerprint density at radius 3 is 2.81 bits per heavy atom. The zero-order valence-electron chi connectivity index (χ0n) is 12.2. The van der Waals surface area contributed by atoms with Crippen LogP contribution in [0.1, 0.15) is 36.3 Å². The maximum absolute atomic E-state index is 6.15. The van der Waals surface area contributed by atoms with Gasteiger partial charge in [-0.05, 0) is 49.2 Å². The van der Waals surface area contributed by atoms with E-state index < -0.39 is 0 Å². The average Bonchev–Trinajstić information content (AvgIpc) is 3.07. The first kappa shape index (κ1) is 14.2. The lowest BCUT2D eigenvalue weighted by Gasteiger charge is -2.15. The van der Waals surface area contributed by atoms with Crippen LogP contribution in [0.25, 0.3) is 11.0 Å². The number of para-hydroxylation sites is 1. The van der Waals surface area contributed by atoms with Gasteiger partial charge in [-0.2, -0.15) is 0 Å². The molecule has 3 rings (SSSR count). The van der Waals surface area contributed by atoms with Crippen molar-refractivity contribution in [3.05, 3.63) is 58.7 Å². The molecule has 0 amide bonds. The van der Waals surface area contributed by atoms with Crippen LogP contribution in [-0.4, -0.2) is 6.54 Å². The van der Waals surface area contributed by atoms with Crippen molar-refractivity contribution < 1.29 is 8.83 Å². The Morgan fingerprint density at radius 2 is 2.14 bits per heavy atom. The Bertz CT molecular complexity index is 744. The van der Waals surface area contributed by atoms with Gasteiger partial charge in [0.2, 0.25) is 0 Å². The zero-order valence-corrected chi connectivity index (χ0v) is 12.9. The second-order valence-corrected chi connectivity index (χ2v) is 5.52. The highest BCUT2D eigenvalue weighted by Crippen LogP contribution is 2.33. The molecule has 0 radical (unpaired) electrons. The third-order valence-corrected chi connectivity index (χ3v) is 3.91. The minimum atomic E-state index is -0.0944. The van der Waals surface area contributed by atoms with Crippen LogP contribution in [-0.2, 0) is 0 Å². The number of fused-ring (bicyclic) bond motifs is 1. The standard InChI is InChI=1S/C17H18ClNO2/c1-3-8-19-15(13-7-9-20-17(13)18)14-10-12-6-4-5-11(2)16(12)21-14/h4-7,9-10,15,19H,3,8H2,1-2H3. The Kier molecular flexibility index (Phi) is 4.04. The van der Waals surface area contributed by atoms with E-state index in [-0.39, 0.29) is 6.04 Å². The summed E-state index contributed by atoms with van der Waals surface area (Å²) in [6, 6.07) is 10.0. The number of halogens is 1. The molecule has 21 heavy (non-hydrogen) atoms. The van der Waals surface area contributed by atoms with Gasteiger partial charge in [0.15, 0.2) is 5.22 Å². The van der Waals surface area contributed by atoms with Gasteiger partial charge in [0.1, 0.15) is 11.3 Å². The van der Waals surface area contributed by atoms with Gasteiger partial charge in [-0.3, -0.25) is 0 Å². The molecule has 2 aromatic heterocycles. The smallest absolute Gasteiger partial charge is 0.198 e. The van der Waals surface area contributed by atoms with E-state index in [2.05, 4.69) is 37.4 Å². The van der Waals surface area contributed by atoms with E-state index in [1.165, 1.54) is 0 Å². The van der Waals surface area contributed by atoms with Gasteiger partial charge in [-0.25, -0.2) is 0 Å². The SMILES string of the molecule is CCCNC(c1cc2cccc(C)c2o1)c1ccoc1Cl. The summed E-state index contributed by atoms with van der Waals surface area (Å²) in [5.74, 6) is 0.857. The van der Waals surface area contributed by atoms with E-state index in [0.29, 0.717) is 5.22 Å². The fourth-order valence-corrected chi connectivity index (χ4v) is 2.76. The van der Waals surface area contributed by atoms with Crippen LogP contribution in [0.3, 0.4) is 0 Å². The molecule has 3 nitrogen and oxygen atoms in total. The zero-order chi connectivity index (χ0) is 14.8. The molecular weight excluding hydrogens is 286 g/mol. The largest absolute Gasteiger partial charge is 0.459 e. The molecule has 0 aliphatic carbocycles. The third kappa shape index (κ3) is 2.71. The quantitative estimate of drug-likeness (QED) is 0.714. The van der Waals surface area contributed by atoms with E-state index in [1.54, 1.807) is 6.26 Å². The van der Waals surface area contributed by atoms with E-state index in [9.17, 15) is 0 Å². The topological polar surface area (TPSA) is 38.3 Å². The number of hydrogen-bond donors (Lipinski definition) is 1. The van der Waals surface area contributed by atoms with Crippen LogP contribution in [0.4, 0.5) is 0 Å². The van der Waals surface area contributed by atoms with Gasteiger partial charge in [-0.1, -0.05) is 25.1 Å². The molecule has 2 heterocycles. The van der Waals surface area contributed by atoms with Crippen LogP contribution in [0, 0.1) is 6.92 Å². The molecular formula is C17H18ClNO2. The minimum Gasteiger partial charge on any atom is -0.459 e. The second kappa shape index (κ2) is 5.96. The van der Waals surface area contributed by atoms with Crippen LogP contribution < -0.4 is 5.32 Å². The molecule has 1 atom stereocenters. The predicted molar refractivity (Wildman–Crippen MR) is 84.8 cm³/mol. The first-order valence-electron chi connectivity index (χ1n) is 7.16. The first-order chi connectivity index (χ1) is 10.2. The molecule has 0 fully saturated rings. The Hall–Kier alpha value is -1.71. The van der Waals surface area contributed by atoms with Crippen molar-refractivity contribution in [1.29, 1.82) is 0 Å². The summed E-state index contributed by atoms with van der Waals surface area (Å²) in [7, 11) is 0. The molecule has 110 valence electrons. The van der Waals surface area contributed by atoms with Crippen molar-refractivity contribution in [3.63, 3.8) is 0 Å². The number of furan rings is 2. The lowest BCUT2D eigenvalue weighted by molar-refractivity contribution is 0.464. The third-order valence-electron chi connectivity index (χ3n) is 3.60. The maximum atomic E-state index is 6.15. The fraction of sp³-hybridized carbons (Fsp3) is 0.294. The fourth-order valence-electron chi connectivity index (χ4n) is 2.53.